The van der Waals surface area contributed by atoms with Gasteiger partial charge in [0.2, 0.25) is 5.89 Å². The van der Waals surface area contributed by atoms with Crippen molar-refractivity contribution in [3.05, 3.63) is 140 Å². The summed E-state index contributed by atoms with van der Waals surface area (Å²) in [5.74, 6) is 1.31. The SMILES string of the molecule is c1ccc(-c2cc(-c3ccccc3-c3ccc4nc(-c5ccccc5)oc4c3)nc(-c3ccccc3)n2)cc1. The Kier molecular flexibility index (Phi) is 5.76. The van der Waals surface area contributed by atoms with Crippen LogP contribution in [0.4, 0.5) is 0 Å². The molecule has 5 aromatic carbocycles. The molecule has 7 rings (SSSR count). The fourth-order valence-corrected chi connectivity index (χ4v) is 4.81. The predicted molar refractivity (Wildman–Crippen MR) is 157 cm³/mol. The van der Waals surface area contributed by atoms with E-state index in [1.54, 1.807) is 0 Å². The van der Waals surface area contributed by atoms with Crippen LogP contribution in [0.2, 0.25) is 0 Å². The largest absolute Gasteiger partial charge is 0.436 e. The Morgan fingerprint density at radius 1 is 0.410 bits per heavy atom. The molecule has 184 valence electrons. The van der Waals surface area contributed by atoms with Crippen LogP contribution in [0, 0.1) is 0 Å². The van der Waals surface area contributed by atoms with Crippen molar-refractivity contribution < 1.29 is 4.42 Å². The summed E-state index contributed by atoms with van der Waals surface area (Å²) in [6.45, 7) is 0. The van der Waals surface area contributed by atoms with Gasteiger partial charge in [0.05, 0.1) is 11.4 Å². The van der Waals surface area contributed by atoms with E-state index in [-0.39, 0.29) is 0 Å². The van der Waals surface area contributed by atoms with Gasteiger partial charge in [-0.2, -0.15) is 0 Å². The lowest BCUT2D eigenvalue weighted by molar-refractivity contribution is 0.620. The Hall–Kier alpha value is -5.35. The number of nitrogens with zero attached hydrogens (tertiary/aromatic N) is 3. The summed E-state index contributed by atoms with van der Waals surface area (Å²) in [4.78, 5) is 14.7. The summed E-state index contributed by atoms with van der Waals surface area (Å²) >= 11 is 0. The Morgan fingerprint density at radius 3 is 1.72 bits per heavy atom. The zero-order chi connectivity index (χ0) is 26.0. The quantitative estimate of drug-likeness (QED) is 0.236. The van der Waals surface area contributed by atoms with E-state index in [2.05, 4.69) is 48.5 Å². The second kappa shape index (κ2) is 9.84. The first-order valence-corrected chi connectivity index (χ1v) is 12.9. The van der Waals surface area contributed by atoms with Crippen LogP contribution in [0.15, 0.2) is 144 Å². The molecule has 0 fully saturated rings. The van der Waals surface area contributed by atoms with Gasteiger partial charge in [0.1, 0.15) is 5.52 Å². The second-order valence-electron chi connectivity index (χ2n) is 9.31. The maximum absolute atomic E-state index is 6.18. The van der Waals surface area contributed by atoms with E-state index in [4.69, 9.17) is 19.4 Å². The smallest absolute Gasteiger partial charge is 0.227 e. The zero-order valence-corrected chi connectivity index (χ0v) is 21.0. The Labute approximate surface area is 226 Å². The molecular formula is C35H23N3O. The first-order valence-electron chi connectivity index (χ1n) is 12.9. The van der Waals surface area contributed by atoms with Gasteiger partial charge in [0.15, 0.2) is 11.4 Å². The lowest BCUT2D eigenvalue weighted by Gasteiger charge is -2.13. The topological polar surface area (TPSA) is 51.8 Å². The minimum atomic E-state index is 0.617. The van der Waals surface area contributed by atoms with Crippen molar-refractivity contribution in [2.75, 3.05) is 0 Å². The fraction of sp³-hybridized carbons (Fsp3) is 0. The zero-order valence-electron chi connectivity index (χ0n) is 21.0. The molecule has 0 N–H and O–H groups in total. The minimum Gasteiger partial charge on any atom is -0.436 e. The molecule has 0 radical (unpaired) electrons. The monoisotopic (exact) mass is 501 g/mol. The summed E-state index contributed by atoms with van der Waals surface area (Å²) in [5, 5.41) is 0. The summed E-state index contributed by atoms with van der Waals surface area (Å²) in [6, 6.07) is 46.9. The van der Waals surface area contributed by atoms with E-state index in [9.17, 15) is 0 Å². The van der Waals surface area contributed by atoms with Gasteiger partial charge in [-0.15, -0.1) is 0 Å². The van der Waals surface area contributed by atoms with Gasteiger partial charge in [-0.1, -0.05) is 109 Å². The van der Waals surface area contributed by atoms with Crippen molar-refractivity contribution in [3.63, 3.8) is 0 Å². The average molecular weight is 502 g/mol. The fourth-order valence-electron chi connectivity index (χ4n) is 4.81. The molecule has 0 saturated heterocycles. The van der Waals surface area contributed by atoms with Crippen LogP contribution in [0.5, 0.6) is 0 Å². The highest BCUT2D eigenvalue weighted by molar-refractivity contribution is 5.88. The molecular weight excluding hydrogens is 478 g/mol. The van der Waals surface area contributed by atoms with Crippen LogP contribution in [-0.2, 0) is 0 Å². The standard InChI is InChI=1S/C35H23N3O/c1-4-12-24(13-5-1)31-23-32(37-34(36-31)25-14-6-2-7-15-25)29-19-11-10-18-28(29)27-20-21-30-33(22-27)39-35(38-30)26-16-8-3-9-17-26/h1-23H. The van der Waals surface area contributed by atoms with Gasteiger partial charge in [-0.05, 0) is 41.5 Å². The van der Waals surface area contributed by atoms with E-state index in [1.807, 2.05) is 91.0 Å². The van der Waals surface area contributed by atoms with Crippen molar-refractivity contribution in [3.8, 4) is 56.5 Å². The third-order valence-electron chi connectivity index (χ3n) is 6.75. The molecule has 0 amide bonds. The molecule has 0 aliphatic heterocycles. The van der Waals surface area contributed by atoms with Gasteiger partial charge in [0, 0.05) is 22.3 Å². The third-order valence-corrected chi connectivity index (χ3v) is 6.75. The lowest BCUT2D eigenvalue weighted by atomic mass is 9.96. The number of hydrogen-bond acceptors (Lipinski definition) is 4. The molecule has 0 bridgehead atoms. The molecule has 4 heteroatoms. The van der Waals surface area contributed by atoms with Gasteiger partial charge in [0.25, 0.3) is 0 Å². The van der Waals surface area contributed by atoms with Crippen molar-refractivity contribution in [1.29, 1.82) is 0 Å². The molecule has 0 aliphatic carbocycles. The van der Waals surface area contributed by atoms with Crippen LogP contribution in [0.1, 0.15) is 0 Å². The molecule has 4 nitrogen and oxygen atoms in total. The van der Waals surface area contributed by atoms with Crippen LogP contribution >= 0.6 is 0 Å². The number of aromatic nitrogens is 3. The van der Waals surface area contributed by atoms with Gasteiger partial charge >= 0.3 is 0 Å². The van der Waals surface area contributed by atoms with Crippen LogP contribution in [-0.4, -0.2) is 15.0 Å². The van der Waals surface area contributed by atoms with E-state index in [1.165, 1.54) is 0 Å². The van der Waals surface area contributed by atoms with Crippen molar-refractivity contribution in [2.24, 2.45) is 0 Å². The average Bonchev–Trinajstić information content (AvgIpc) is 3.46. The van der Waals surface area contributed by atoms with Crippen molar-refractivity contribution >= 4 is 11.1 Å². The first kappa shape index (κ1) is 22.8. The molecule has 0 saturated carbocycles. The number of fused-ring (bicyclic) bond motifs is 1. The van der Waals surface area contributed by atoms with Crippen LogP contribution in [0.3, 0.4) is 0 Å². The normalized spacial score (nSPS) is 11.1. The first-order chi connectivity index (χ1) is 19.3. The molecule has 0 atom stereocenters. The van der Waals surface area contributed by atoms with E-state index in [0.29, 0.717) is 11.7 Å². The summed E-state index contributed by atoms with van der Waals surface area (Å²) in [6.07, 6.45) is 0. The van der Waals surface area contributed by atoms with Gasteiger partial charge < -0.3 is 4.42 Å². The highest BCUT2D eigenvalue weighted by Crippen LogP contribution is 2.36. The predicted octanol–water partition coefficient (Wildman–Crippen LogP) is 8.95. The molecule has 7 aromatic rings. The highest BCUT2D eigenvalue weighted by Gasteiger charge is 2.15. The van der Waals surface area contributed by atoms with E-state index >= 15 is 0 Å². The summed E-state index contributed by atoms with van der Waals surface area (Å²) in [7, 11) is 0. The Balaban J connectivity index is 1.37. The maximum Gasteiger partial charge on any atom is 0.227 e. The number of benzene rings is 5. The van der Waals surface area contributed by atoms with Crippen LogP contribution < -0.4 is 0 Å². The summed E-state index contributed by atoms with van der Waals surface area (Å²) in [5.41, 5.74) is 9.43. The molecule has 2 heterocycles. The minimum absolute atomic E-state index is 0.617. The number of hydrogen-bond donors (Lipinski definition) is 0. The number of rotatable bonds is 5. The van der Waals surface area contributed by atoms with Gasteiger partial charge in [-0.25, -0.2) is 15.0 Å². The Morgan fingerprint density at radius 2 is 1.00 bits per heavy atom. The maximum atomic E-state index is 6.18. The summed E-state index contributed by atoms with van der Waals surface area (Å²) < 4.78 is 6.18. The van der Waals surface area contributed by atoms with Crippen LogP contribution in [0.25, 0.3) is 67.6 Å². The number of oxazole rings is 1. The molecule has 2 aromatic heterocycles. The molecule has 39 heavy (non-hydrogen) atoms. The van der Waals surface area contributed by atoms with E-state index in [0.717, 1.165) is 55.9 Å². The lowest BCUT2D eigenvalue weighted by Crippen LogP contribution is -1.97. The molecule has 0 unspecified atom stereocenters. The third kappa shape index (κ3) is 4.49. The van der Waals surface area contributed by atoms with Gasteiger partial charge in [-0.3, -0.25) is 0 Å². The molecule has 0 aliphatic rings. The highest BCUT2D eigenvalue weighted by atomic mass is 16.3. The van der Waals surface area contributed by atoms with Crippen molar-refractivity contribution in [2.45, 2.75) is 0 Å². The molecule has 0 spiro atoms. The van der Waals surface area contributed by atoms with Crippen molar-refractivity contribution in [1.82, 2.24) is 15.0 Å². The Bertz CT molecular complexity index is 1840. The second-order valence-corrected chi connectivity index (χ2v) is 9.31. The van der Waals surface area contributed by atoms with E-state index < -0.39 is 0 Å².